The summed E-state index contributed by atoms with van der Waals surface area (Å²) in [6, 6.07) is 16.2. The van der Waals surface area contributed by atoms with E-state index >= 15 is 0 Å². The Morgan fingerprint density at radius 1 is 0.900 bits per heavy atom. The van der Waals surface area contributed by atoms with Gasteiger partial charge in [0.05, 0.1) is 5.56 Å². The third kappa shape index (κ3) is 2.07. The van der Waals surface area contributed by atoms with Gasteiger partial charge in [-0.25, -0.2) is 0 Å². The highest BCUT2D eigenvalue weighted by atomic mass is 16.5. The number of benzene rings is 2. The number of nitrogen functional groups attached to an aromatic ring is 1. The van der Waals surface area contributed by atoms with Crippen LogP contribution in [0, 0.1) is 13.8 Å². The highest BCUT2D eigenvalue weighted by molar-refractivity contribution is 5.86. The first-order valence-electron chi connectivity index (χ1n) is 6.55. The number of hydrogen-bond donors (Lipinski definition) is 1. The summed E-state index contributed by atoms with van der Waals surface area (Å²) in [7, 11) is 0. The molecule has 100 valence electrons. The Labute approximate surface area is 118 Å². The summed E-state index contributed by atoms with van der Waals surface area (Å²) in [5.41, 5.74) is 11.3. The molecule has 1 heterocycles. The molecule has 3 nitrogen and oxygen atoms in total. The van der Waals surface area contributed by atoms with Gasteiger partial charge >= 0.3 is 0 Å². The lowest BCUT2D eigenvalue weighted by Gasteiger charge is -2.06. The highest BCUT2D eigenvalue weighted by Crippen LogP contribution is 2.36. The third-order valence-corrected chi connectivity index (χ3v) is 3.55. The van der Waals surface area contributed by atoms with Crippen molar-refractivity contribution in [1.29, 1.82) is 0 Å². The van der Waals surface area contributed by atoms with Gasteiger partial charge in [-0.3, -0.25) is 0 Å². The van der Waals surface area contributed by atoms with Crippen LogP contribution in [0.3, 0.4) is 0 Å². The number of nitrogens with zero attached hydrogens (tertiary/aromatic N) is 1. The fourth-order valence-corrected chi connectivity index (χ4v) is 2.26. The standard InChI is InChI=1S/C17H16N2O/c1-11-8-9-14(10-12(11)2)15-16(20-19-17(15)18)13-6-4-3-5-7-13/h3-10H,1-2H3,(H2,18,19). The van der Waals surface area contributed by atoms with Crippen molar-refractivity contribution in [3.05, 3.63) is 59.7 Å². The zero-order chi connectivity index (χ0) is 14.1. The van der Waals surface area contributed by atoms with Crippen molar-refractivity contribution < 1.29 is 4.52 Å². The van der Waals surface area contributed by atoms with Crippen molar-refractivity contribution in [1.82, 2.24) is 5.16 Å². The lowest BCUT2D eigenvalue weighted by Crippen LogP contribution is -1.90. The normalized spacial score (nSPS) is 10.7. The van der Waals surface area contributed by atoms with Crippen LogP contribution in [0.4, 0.5) is 5.82 Å². The molecule has 0 unspecified atom stereocenters. The van der Waals surface area contributed by atoms with Crippen molar-refractivity contribution >= 4 is 5.82 Å². The van der Waals surface area contributed by atoms with Gasteiger partial charge in [0.15, 0.2) is 11.6 Å². The van der Waals surface area contributed by atoms with Crippen molar-refractivity contribution in [3.63, 3.8) is 0 Å². The monoisotopic (exact) mass is 264 g/mol. The zero-order valence-electron chi connectivity index (χ0n) is 11.6. The number of hydrogen-bond acceptors (Lipinski definition) is 3. The molecule has 0 aliphatic carbocycles. The number of rotatable bonds is 2. The van der Waals surface area contributed by atoms with Crippen LogP contribution in [0.15, 0.2) is 53.1 Å². The van der Waals surface area contributed by atoms with E-state index in [1.54, 1.807) is 0 Å². The number of aryl methyl sites for hydroxylation is 2. The molecule has 0 fully saturated rings. The van der Waals surface area contributed by atoms with E-state index in [0.717, 1.165) is 16.7 Å². The fraction of sp³-hybridized carbons (Fsp3) is 0.118. The van der Waals surface area contributed by atoms with E-state index in [2.05, 4.69) is 37.2 Å². The molecule has 0 aliphatic heterocycles. The molecule has 2 aromatic carbocycles. The van der Waals surface area contributed by atoms with Crippen LogP contribution in [-0.2, 0) is 0 Å². The Hall–Kier alpha value is -2.55. The average molecular weight is 264 g/mol. The third-order valence-electron chi connectivity index (χ3n) is 3.55. The van der Waals surface area contributed by atoms with Crippen molar-refractivity contribution in [2.75, 3.05) is 5.73 Å². The van der Waals surface area contributed by atoms with Crippen LogP contribution in [0.1, 0.15) is 11.1 Å². The molecule has 0 radical (unpaired) electrons. The Morgan fingerprint density at radius 3 is 2.35 bits per heavy atom. The lowest BCUT2D eigenvalue weighted by molar-refractivity contribution is 0.436. The summed E-state index contributed by atoms with van der Waals surface area (Å²) in [6.07, 6.45) is 0. The van der Waals surface area contributed by atoms with Crippen molar-refractivity contribution in [2.24, 2.45) is 0 Å². The van der Waals surface area contributed by atoms with Crippen LogP contribution in [-0.4, -0.2) is 5.16 Å². The first-order valence-corrected chi connectivity index (χ1v) is 6.55. The molecule has 0 amide bonds. The second-order valence-corrected chi connectivity index (χ2v) is 4.94. The van der Waals surface area contributed by atoms with Gasteiger partial charge in [0.25, 0.3) is 0 Å². The molecule has 3 heteroatoms. The minimum atomic E-state index is 0.423. The first kappa shape index (κ1) is 12.5. The Bertz CT molecular complexity index is 745. The smallest absolute Gasteiger partial charge is 0.176 e. The maximum absolute atomic E-state index is 5.99. The summed E-state index contributed by atoms with van der Waals surface area (Å²) in [5.74, 6) is 1.14. The molecular weight excluding hydrogens is 248 g/mol. The van der Waals surface area contributed by atoms with Crippen LogP contribution >= 0.6 is 0 Å². The topological polar surface area (TPSA) is 52.0 Å². The second-order valence-electron chi connectivity index (χ2n) is 4.94. The van der Waals surface area contributed by atoms with Gasteiger partial charge in [-0.2, -0.15) is 0 Å². The van der Waals surface area contributed by atoms with E-state index in [1.165, 1.54) is 11.1 Å². The summed E-state index contributed by atoms with van der Waals surface area (Å²) in [6.45, 7) is 4.18. The van der Waals surface area contributed by atoms with Crippen molar-refractivity contribution in [3.8, 4) is 22.5 Å². The molecule has 0 aliphatic rings. The second kappa shape index (κ2) is 4.85. The van der Waals surface area contributed by atoms with Crippen molar-refractivity contribution in [2.45, 2.75) is 13.8 Å². The van der Waals surface area contributed by atoms with Gasteiger partial charge < -0.3 is 10.3 Å². The van der Waals surface area contributed by atoms with Gasteiger partial charge in [-0.15, -0.1) is 0 Å². The van der Waals surface area contributed by atoms with Crippen LogP contribution in [0.5, 0.6) is 0 Å². The predicted octanol–water partition coefficient (Wildman–Crippen LogP) is 4.21. The SMILES string of the molecule is Cc1ccc(-c2c(N)noc2-c2ccccc2)cc1C. The van der Waals surface area contributed by atoms with E-state index in [-0.39, 0.29) is 0 Å². The molecule has 1 aromatic heterocycles. The van der Waals surface area contributed by atoms with E-state index in [4.69, 9.17) is 10.3 Å². The Kier molecular flexibility index (Phi) is 3.03. The molecule has 0 atom stereocenters. The average Bonchev–Trinajstić information content (AvgIpc) is 2.85. The highest BCUT2D eigenvalue weighted by Gasteiger charge is 2.17. The number of anilines is 1. The molecule has 20 heavy (non-hydrogen) atoms. The van der Waals surface area contributed by atoms with Gasteiger partial charge in [-0.1, -0.05) is 53.7 Å². The van der Waals surface area contributed by atoms with Gasteiger partial charge in [0, 0.05) is 5.56 Å². The van der Waals surface area contributed by atoms with E-state index in [1.807, 2.05) is 30.3 Å². The van der Waals surface area contributed by atoms with Crippen LogP contribution in [0.2, 0.25) is 0 Å². The van der Waals surface area contributed by atoms with Gasteiger partial charge in [0.2, 0.25) is 0 Å². The summed E-state index contributed by atoms with van der Waals surface area (Å²) in [5, 5.41) is 3.92. The molecule has 2 N–H and O–H groups in total. The molecule has 3 aromatic rings. The fourth-order valence-electron chi connectivity index (χ4n) is 2.26. The summed E-state index contributed by atoms with van der Waals surface area (Å²) in [4.78, 5) is 0. The van der Waals surface area contributed by atoms with Crippen LogP contribution in [0.25, 0.3) is 22.5 Å². The first-order chi connectivity index (χ1) is 9.66. The number of aromatic nitrogens is 1. The summed E-state index contributed by atoms with van der Waals surface area (Å²) >= 11 is 0. The minimum Gasteiger partial charge on any atom is -0.380 e. The molecule has 0 bridgehead atoms. The van der Waals surface area contributed by atoms with Gasteiger partial charge in [0.1, 0.15) is 0 Å². The molecule has 0 saturated heterocycles. The minimum absolute atomic E-state index is 0.423. The van der Waals surface area contributed by atoms with E-state index in [0.29, 0.717) is 11.6 Å². The maximum atomic E-state index is 5.99. The molecular formula is C17H16N2O. The number of nitrogens with two attached hydrogens (primary N) is 1. The molecule has 3 rings (SSSR count). The molecule has 0 spiro atoms. The Balaban J connectivity index is 2.19. The maximum Gasteiger partial charge on any atom is 0.176 e. The van der Waals surface area contributed by atoms with Gasteiger partial charge in [-0.05, 0) is 30.5 Å². The summed E-state index contributed by atoms with van der Waals surface area (Å²) < 4.78 is 5.43. The molecule has 0 saturated carbocycles. The predicted molar refractivity (Wildman–Crippen MR) is 81.3 cm³/mol. The largest absolute Gasteiger partial charge is 0.380 e. The van der Waals surface area contributed by atoms with E-state index < -0.39 is 0 Å². The zero-order valence-corrected chi connectivity index (χ0v) is 11.6. The Morgan fingerprint density at radius 2 is 1.65 bits per heavy atom. The lowest BCUT2D eigenvalue weighted by atomic mass is 9.98. The quantitative estimate of drug-likeness (QED) is 0.754. The van der Waals surface area contributed by atoms with E-state index in [9.17, 15) is 0 Å². The van der Waals surface area contributed by atoms with Crippen LogP contribution < -0.4 is 5.73 Å².